The second-order valence-electron chi connectivity index (χ2n) is 6.61. The van der Waals surface area contributed by atoms with Gasteiger partial charge in [-0.15, -0.1) is 5.10 Å². The zero-order valence-corrected chi connectivity index (χ0v) is 15.7. The SMILES string of the molecule is Cc1nnnn1C(Cc1cccc(F)c1)C(=O)NC(Cc1ccccc1)C(=O)O. The van der Waals surface area contributed by atoms with E-state index in [1.54, 1.807) is 43.3 Å². The molecule has 2 N–H and O–H groups in total. The Hall–Kier alpha value is -3.62. The number of hydrogen-bond acceptors (Lipinski definition) is 5. The van der Waals surface area contributed by atoms with Crippen LogP contribution in [0.5, 0.6) is 0 Å². The Morgan fingerprint density at radius 2 is 1.83 bits per heavy atom. The average Bonchev–Trinajstić information content (AvgIpc) is 3.12. The van der Waals surface area contributed by atoms with Gasteiger partial charge in [0.1, 0.15) is 23.7 Å². The molecule has 0 bridgehead atoms. The smallest absolute Gasteiger partial charge is 0.326 e. The lowest BCUT2D eigenvalue weighted by molar-refractivity contribution is -0.142. The van der Waals surface area contributed by atoms with Crippen molar-refractivity contribution in [3.8, 4) is 0 Å². The number of aromatic nitrogens is 4. The second-order valence-corrected chi connectivity index (χ2v) is 6.61. The molecule has 2 unspecified atom stereocenters. The van der Waals surface area contributed by atoms with Gasteiger partial charge in [-0.2, -0.15) is 0 Å². The third kappa shape index (κ3) is 5.22. The van der Waals surface area contributed by atoms with Crippen molar-refractivity contribution in [2.75, 3.05) is 0 Å². The Morgan fingerprint density at radius 1 is 1.10 bits per heavy atom. The summed E-state index contributed by atoms with van der Waals surface area (Å²) >= 11 is 0. The van der Waals surface area contributed by atoms with Crippen molar-refractivity contribution in [2.45, 2.75) is 31.8 Å². The quantitative estimate of drug-likeness (QED) is 0.599. The van der Waals surface area contributed by atoms with Crippen LogP contribution in [-0.4, -0.2) is 43.2 Å². The van der Waals surface area contributed by atoms with E-state index in [1.165, 1.54) is 16.8 Å². The number of tetrazole rings is 1. The maximum Gasteiger partial charge on any atom is 0.326 e. The van der Waals surface area contributed by atoms with E-state index in [9.17, 15) is 19.1 Å². The number of halogens is 1. The summed E-state index contributed by atoms with van der Waals surface area (Å²) in [5.41, 5.74) is 1.34. The van der Waals surface area contributed by atoms with Gasteiger partial charge in [0.05, 0.1) is 0 Å². The fourth-order valence-corrected chi connectivity index (χ4v) is 3.02. The molecule has 9 heteroatoms. The minimum absolute atomic E-state index is 0.104. The van der Waals surface area contributed by atoms with E-state index in [-0.39, 0.29) is 12.8 Å². The van der Waals surface area contributed by atoms with Gasteiger partial charge in [0.25, 0.3) is 0 Å². The Kier molecular flexibility index (Phi) is 6.28. The number of nitrogens with one attached hydrogen (secondary N) is 1. The van der Waals surface area contributed by atoms with E-state index >= 15 is 0 Å². The van der Waals surface area contributed by atoms with E-state index in [1.807, 2.05) is 6.07 Å². The molecular weight excluding hydrogens is 377 g/mol. The van der Waals surface area contributed by atoms with Crippen LogP contribution in [0.4, 0.5) is 4.39 Å². The number of hydrogen-bond donors (Lipinski definition) is 2. The highest BCUT2D eigenvalue weighted by atomic mass is 19.1. The molecule has 1 amide bonds. The van der Waals surface area contributed by atoms with Crippen molar-refractivity contribution in [3.63, 3.8) is 0 Å². The summed E-state index contributed by atoms with van der Waals surface area (Å²) in [4.78, 5) is 24.7. The highest BCUT2D eigenvalue weighted by Gasteiger charge is 2.29. The topological polar surface area (TPSA) is 110 Å². The molecule has 1 heterocycles. The van der Waals surface area contributed by atoms with Gasteiger partial charge in [-0.25, -0.2) is 13.9 Å². The first kappa shape index (κ1) is 20.1. The molecule has 0 aliphatic heterocycles. The molecule has 0 saturated heterocycles. The first-order valence-electron chi connectivity index (χ1n) is 9.00. The summed E-state index contributed by atoms with van der Waals surface area (Å²) < 4.78 is 14.9. The molecule has 3 rings (SSSR count). The van der Waals surface area contributed by atoms with Crippen LogP contribution in [0.3, 0.4) is 0 Å². The lowest BCUT2D eigenvalue weighted by Gasteiger charge is -2.21. The van der Waals surface area contributed by atoms with Crippen molar-refractivity contribution >= 4 is 11.9 Å². The van der Waals surface area contributed by atoms with Gasteiger partial charge in [-0.3, -0.25) is 4.79 Å². The van der Waals surface area contributed by atoms with Gasteiger partial charge in [0.15, 0.2) is 0 Å². The molecule has 0 aliphatic rings. The number of aliphatic carboxylic acids is 1. The molecule has 1 aromatic heterocycles. The number of carboxylic acids is 1. The van der Waals surface area contributed by atoms with Crippen molar-refractivity contribution in [2.24, 2.45) is 0 Å². The van der Waals surface area contributed by atoms with Crippen LogP contribution >= 0.6 is 0 Å². The molecule has 0 spiro atoms. The number of carbonyl (C=O) groups is 2. The lowest BCUT2D eigenvalue weighted by atomic mass is 10.0. The zero-order chi connectivity index (χ0) is 20.8. The van der Waals surface area contributed by atoms with Gasteiger partial charge in [0.2, 0.25) is 5.91 Å². The summed E-state index contributed by atoms with van der Waals surface area (Å²) in [5.74, 6) is -1.76. The molecule has 2 aromatic carbocycles. The Bertz CT molecular complexity index is 993. The Morgan fingerprint density at radius 3 is 2.45 bits per heavy atom. The van der Waals surface area contributed by atoms with Crippen LogP contribution in [0.15, 0.2) is 54.6 Å². The van der Waals surface area contributed by atoms with Crippen molar-refractivity contribution in [1.29, 1.82) is 0 Å². The molecule has 3 aromatic rings. The number of aryl methyl sites for hydroxylation is 1. The normalized spacial score (nSPS) is 12.9. The number of rotatable bonds is 8. The van der Waals surface area contributed by atoms with Crippen molar-refractivity contribution in [3.05, 3.63) is 77.4 Å². The molecule has 150 valence electrons. The van der Waals surface area contributed by atoms with E-state index in [4.69, 9.17) is 0 Å². The minimum Gasteiger partial charge on any atom is -0.480 e. The van der Waals surface area contributed by atoms with Crippen LogP contribution in [0.25, 0.3) is 0 Å². The summed E-state index contributed by atoms with van der Waals surface area (Å²) in [6, 6.07) is 12.8. The van der Waals surface area contributed by atoms with E-state index < -0.39 is 29.8 Å². The first-order chi connectivity index (χ1) is 13.9. The summed E-state index contributed by atoms with van der Waals surface area (Å²) in [6.45, 7) is 1.63. The first-order valence-corrected chi connectivity index (χ1v) is 9.00. The van der Waals surface area contributed by atoms with Gasteiger partial charge in [-0.1, -0.05) is 42.5 Å². The van der Waals surface area contributed by atoms with Crippen LogP contribution in [0.2, 0.25) is 0 Å². The molecule has 0 aliphatic carbocycles. The van der Waals surface area contributed by atoms with Gasteiger partial charge in [-0.05, 0) is 40.6 Å². The molecule has 29 heavy (non-hydrogen) atoms. The number of carbonyl (C=O) groups excluding carboxylic acids is 1. The van der Waals surface area contributed by atoms with E-state index in [0.717, 1.165) is 5.56 Å². The monoisotopic (exact) mass is 397 g/mol. The van der Waals surface area contributed by atoms with Crippen LogP contribution in [0, 0.1) is 12.7 Å². The molecule has 0 radical (unpaired) electrons. The van der Waals surface area contributed by atoms with E-state index in [0.29, 0.717) is 11.4 Å². The van der Waals surface area contributed by atoms with Crippen LogP contribution < -0.4 is 5.32 Å². The fourth-order valence-electron chi connectivity index (χ4n) is 3.02. The van der Waals surface area contributed by atoms with Crippen molar-refractivity contribution in [1.82, 2.24) is 25.5 Å². The van der Waals surface area contributed by atoms with Crippen molar-refractivity contribution < 1.29 is 19.1 Å². The summed E-state index contributed by atoms with van der Waals surface area (Å²) in [6.07, 6.45) is 0.232. The molecular formula is C20H20FN5O3. The Labute approximate surface area is 166 Å². The predicted molar refractivity (Wildman–Crippen MR) is 101 cm³/mol. The zero-order valence-electron chi connectivity index (χ0n) is 15.7. The maximum atomic E-state index is 13.6. The fraction of sp³-hybridized carbons (Fsp3) is 0.250. The predicted octanol–water partition coefficient (Wildman–Crippen LogP) is 1.72. The van der Waals surface area contributed by atoms with Gasteiger partial charge < -0.3 is 10.4 Å². The number of benzene rings is 2. The largest absolute Gasteiger partial charge is 0.480 e. The summed E-state index contributed by atoms with van der Waals surface area (Å²) in [7, 11) is 0. The molecule has 0 fully saturated rings. The third-order valence-electron chi connectivity index (χ3n) is 4.47. The number of carboxylic acid groups (broad SMARTS) is 1. The molecule has 8 nitrogen and oxygen atoms in total. The third-order valence-corrected chi connectivity index (χ3v) is 4.47. The number of amides is 1. The standard InChI is InChI=1S/C20H20FN5O3/c1-13-23-24-25-26(13)18(12-15-8-5-9-16(21)10-15)19(27)22-17(20(28)29)11-14-6-3-2-4-7-14/h2-10,17-18H,11-12H2,1H3,(H,22,27)(H,28,29). The number of nitrogens with zero attached hydrogens (tertiary/aromatic N) is 4. The molecule has 2 atom stereocenters. The highest BCUT2D eigenvalue weighted by Crippen LogP contribution is 2.17. The second kappa shape index (κ2) is 9.05. The van der Waals surface area contributed by atoms with Crippen LogP contribution in [-0.2, 0) is 22.4 Å². The van der Waals surface area contributed by atoms with Crippen LogP contribution in [0.1, 0.15) is 23.0 Å². The Balaban J connectivity index is 1.83. The average molecular weight is 397 g/mol. The van der Waals surface area contributed by atoms with Gasteiger partial charge >= 0.3 is 5.97 Å². The highest BCUT2D eigenvalue weighted by molar-refractivity contribution is 5.86. The minimum atomic E-state index is -1.15. The van der Waals surface area contributed by atoms with E-state index in [2.05, 4.69) is 20.8 Å². The van der Waals surface area contributed by atoms with Gasteiger partial charge in [0, 0.05) is 12.8 Å². The summed E-state index contributed by atoms with van der Waals surface area (Å²) in [5, 5.41) is 23.3. The molecule has 0 saturated carbocycles. The maximum absolute atomic E-state index is 13.6. The lowest BCUT2D eigenvalue weighted by Crippen LogP contribution is -2.46.